The molecular formula is C12H15IN2O3. The normalized spacial score (nSPS) is 10.9. The van der Waals surface area contributed by atoms with Crippen LogP contribution in [0, 0.1) is 10.5 Å². The van der Waals surface area contributed by atoms with E-state index in [-0.39, 0.29) is 0 Å². The van der Waals surface area contributed by atoms with E-state index in [4.69, 9.17) is 5.11 Å². The topological polar surface area (TPSA) is 78.4 Å². The molecular weight excluding hydrogens is 347 g/mol. The third kappa shape index (κ3) is 3.59. The van der Waals surface area contributed by atoms with Gasteiger partial charge in [0.1, 0.15) is 5.54 Å². The van der Waals surface area contributed by atoms with Crippen LogP contribution in [-0.4, -0.2) is 22.6 Å². The number of halogens is 1. The van der Waals surface area contributed by atoms with Gasteiger partial charge in [0, 0.05) is 9.26 Å². The van der Waals surface area contributed by atoms with E-state index in [2.05, 4.69) is 33.2 Å². The summed E-state index contributed by atoms with van der Waals surface area (Å²) in [4.78, 5) is 22.6. The maximum absolute atomic E-state index is 11.7. The third-order valence-corrected chi connectivity index (χ3v) is 3.65. The molecule has 0 aliphatic carbocycles. The van der Waals surface area contributed by atoms with Gasteiger partial charge in [-0.25, -0.2) is 9.59 Å². The zero-order valence-electron chi connectivity index (χ0n) is 10.4. The molecule has 1 rings (SSSR count). The van der Waals surface area contributed by atoms with Crippen LogP contribution in [0.3, 0.4) is 0 Å². The average Bonchev–Trinajstić information content (AvgIpc) is 2.23. The second-order valence-electron chi connectivity index (χ2n) is 4.42. The lowest BCUT2D eigenvalue weighted by Gasteiger charge is -2.21. The molecule has 0 spiro atoms. The minimum absolute atomic E-state index is 0.535. The maximum Gasteiger partial charge on any atom is 0.328 e. The van der Waals surface area contributed by atoms with Gasteiger partial charge in [-0.2, -0.15) is 0 Å². The van der Waals surface area contributed by atoms with Crippen molar-refractivity contribution >= 4 is 40.3 Å². The fraction of sp³-hybridized carbons (Fsp3) is 0.333. The van der Waals surface area contributed by atoms with Crippen molar-refractivity contribution in [3.05, 3.63) is 27.3 Å². The number of hydrogen-bond acceptors (Lipinski definition) is 2. The van der Waals surface area contributed by atoms with E-state index >= 15 is 0 Å². The maximum atomic E-state index is 11.7. The van der Waals surface area contributed by atoms with Crippen molar-refractivity contribution in [2.24, 2.45) is 0 Å². The smallest absolute Gasteiger partial charge is 0.328 e. The number of carboxylic acid groups (broad SMARTS) is 1. The van der Waals surface area contributed by atoms with Gasteiger partial charge < -0.3 is 15.7 Å². The van der Waals surface area contributed by atoms with Crippen LogP contribution in [0.1, 0.15) is 19.4 Å². The number of aliphatic carboxylic acids is 1. The number of urea groups is 1. The van der Waals surface area contributed by atoms with Gasteiger partial charge in [-0.05, 0) is 61.1 Å². The SMILES string of the molecule is Cc1c(I)cccc1NC(=O)NC(C)(C)C(=O)O. The minimum Gasteiger partial charge on any atom is -0.480 e. The Morgan fingerprint density at radius 1 is 1.33 bits per heavy atom. The highest BCUT2D eigenvalue weighted by atomic mass is 127. The highest BCUT2D eigenvalue weighted by molar-refractivity contribution is 14.1. The number of carboxylic acids is 1. The van der Waals surface area contributed by atoms with Crippen LogP contribution in [0.15, 0.2) is 18.2 Å². The summed E-state index contributed by atoms with van der Waals surface area (Å²) in [6, 6.07) is 4.99. The van der Waals surface area contributed by atoms with Crippen LogP contribution in [-0.2, 0) is 4.79 Å². The number of benzene rings is 1. The molecule has 18 heavy (non-hydrogen) atoms. The first kappa shape index (κ1) is 14.7. The van der Waals surface area contributed by atoms with Gasteiger partial charge in [-0.15, -0.1) is 0 Å². The van der Waals surface area contributed by atoms with Gasteiger partial charge in [-0.1, -0.05) is 6.07 Å². The molecule has 0 aromatic heterocycles. The lowest BCUT2D eigenvalue weighted by Crippen LogP contribution is -2.51. The predicted octanol–water partition coefficient (Wildman–Crippen LogP) is 2.58. The molecule has 0 radical (unpaired) electrons. The van der Waals surface area contributed by atoms with Crippen LogP contribution >= 0.6 is 22.6 Å². The van der Waals surface area contributed by atoms with Gasteiger partial charge in [-0.3, -0.25) is 0 Å². The predicted molar refractivity (Wildman–Crippen MR) is 77.8 cm³/mol. The van der Waals surface area contributed by atoms with Gasteiger partial charge in [0.25, 0.3) is 0 Å². The van der Waals surface area contributed by atoms with Crippen molar-refractivity contribution in [1.29, 1.82) is 0 Å². The molecule has 0 bridgehead atoms. The molecule has 2 amide bonds. The zero-order valence-corrected chi connectivity index (χ0v) is 12.5. The van der Waals surface area contributed by atoms with E-state index in [9.17, 15) is 9.59 Å². The average molecular weight is 362 g/mol. The zero-order chi connectivity index (χ0) is 13.9. The Balaban J connectivity index is 2.77. The number of anilines is 1. The number of nitrogens with one attached hydrogen (secondary N) is 2. The first-order valence-corrected chi connectivity index (χ1v) is 6.39. The van der Waals surface area contributed by atoms with E-state index in [1.165, 1.54) is 13.8 Å². The van der Waals surface area contributed by atoms with Crippen LogP contribution in [0.5, 0.6) is 0 Å². The van der Waals surface area contributed by atoms with Crippen LogP contribution < -0.4 is 10.6 Å². The minimum atomic E-state index is -1.31. The highest BCUT2D eigenvalue weighted by Gasteiger charge is 2.29. The fourth-order valence-corrected chi connectivity index (χ4v) is 1.73. The van der Waals surface area contributed by atoms with Crippen molar-refractivity contribution in [2.45, 2.75) is 26.3 Å². The lowest BCUT2D eigenvalue weighted by atomic mass is 10.1. The number of carbonyl (C=O) groups excluding carboxylic acids is 1. The summed E-state index contributed by atoms with van der Waals surface area (Å²) in [5.41, 5.74) is 0.307. The van der Waals surface area contributed by atoms with E-state index in [0.717, 1.165) is 9.13 Å². The van der Waals surface area contributed by atoms with E-state index in [1.807, 2.05) is 19.1 Å². The third-order valence-electron chi connectivity index (χ3n) is 2.48. The van der Waals surface area contributed by atoms with Gasteiger partial charge in [0.2, 0.25) is 0 Å². The summed E-state index contributed by atoms with van der Waals surface area (Å²) < 4.78 is 1.03. The summed E-state index contributed by atoms with van der Waals surface area (Å²) in [6.45, 7) is 4.74. The monoisotopic (exact) mass is 362 g/mol. The first-order chi connectivity index (χ1) is 8.24. The Kier molecular flexibility index (Phi) is 4.55. The largest absolute Gasteiger partial charge is 0.480 e. The Hall–Kier alpha value is -1.31. The van der Waals surface area contributed by atoms with Crippen molar-refractivity contribution in [1.82, 2.24) is 5.32 Å². The molecule has 6 heteroatoms. The standard InChI is InChI=1S/C12H15IN2O3/c1-7-8(13)5-4-6-9(7)14-11(18)15-12(2,3)10(16)17/h4-6H,1-3H3,(H,16,17)(H2,14,15,18). The molecule has 0 unspecified atom stereocenters. The summed E-state index contributed by atoms with van der Waals surface area (Å²) in [6.07, 6.45) is 0. The molecule has 0 aliphatic rings. The van der Waals surface area contributed by atoms with Gasteiger partial charge in [0.15, 0.2) is 0 Å². The van der Waals surface area contributed by atoms with E-state index in [0.29, 0.717) is 5.69 Å². The van der Waals surface area contributed by atoms with E-state index < -0.39 is 17.5 Å². The Morgan fingerprint density at radius 3 is 2.50 bits per heavy atom. The van der Waals surface area contributed by atoms with Gasteiger partial charge in [0.05, 0.1) is 0 Å². The van der Waals surface area contributed by atoms with Crippen LogP contribution in [0.25, 0.3) is 0 Å². The summed E-state index contributed by atoms with van der Waals surface area (Å²) in [5, 5.41) is 14.0. The summed E-state index contributed by atoms with van der Waals surface area (Å²) in [7, 11) is 0. The Morgan fingerprint density at radius 2 is 1.94 bits per heavy atom. The van der Waals surface area contributed by atoms with Crippen molar-refractivity contribution in [2.75, 3.05) is 5.32 Å². The van der Waals surface area contributed by atoms with Crippen molar-refractivity contribution < 1.29 is 14.7 Å². The molecule has 0 fully saturated rings. The second-order valence-corrected chi connectivity index (χ2v) is 5.58. The summed E-state index contributed by atoms with van der Waals surface area (Å²) >= 11 is 2.17. The highest BCUT2D eigenvalue weighted by Crippen LogP contribution is 2.20. The Bertz CT molecular complexity index is 486. The fourth-order valence-electron chi connectivity index (χ4n) is 1.23. The van der Waals surface area contributed by atoms with Crippen molar-refractivity contribution in [3.63, 3.8) is 0 Å². The number of carbonyl (C=O) groups is 2. The van der Waals surface area contributed by atoms with E-state index in [1.54, 1.807) is 6.07 Å². The molecule has 0 saturated carbocycles. The molecule has 0 saturated heterocycles. The molecule has 0 heterocycles. The number of rotatable bonds is 3. The first-order valence-electron chi connectivity index (χ1n) is 5.31. The lowest BCUT2D eigenvalue weighted by molar-refractivity contribution is -0.142. The number of hydrogen-bond donors (Lipinski definition) is 3. The van der Waals surface area contributed by atoms with Crippen LogP contribution in [0.4, 0.5) is 10.5 Å². The Labute approximate surface area is 119 Å². The molecule has 1 aromatic carbocycles. The van der Waals surface area contributed by atoms with Gasteiger partial charge >= 0.3 is 12.0 Å². The second kappa shape index (κ2) is 5.55. The molecule has 3 N–H and O–H groups in total. The number of amides is 2. The van der Waals surface area contributed by atoms with Crippen LogP contribution in [0.2, 0.25) is 0 Å². The van der Waals surface area contributed by atoms with Crippen molar-refractivity contribution in [3.8, 4) is 0 Å². The molecule has 0 atom stereocenters. The molecule has 5 nitrogen and oxygen atoms in total. The molecule has 1 aromatic rings. The molecule has 98 valence electrons. The summed E-state index contributed by atoms with van der Waals surface area (Å²) in [5.74, 6) is -1.09. The molecule has 0 aliphatic heterocycles. The quantitative estimate of drug-likeness (QED) is 0.724.